The second-order valence-corrected chi connectivity index (χ2v) is 9.34. The molecule has 0 heterocycles. The Balaban J connectivity index is 1.86. The second-order valence-electron chi connectivity index (χ2n) is 7.21. The van der Waals surface area contributed by atoms with E-state index in [1.165, 1.54) is 6.42 Å². The van der Waals surface area contributed by atoms with Gasteiger partial charge in [-0.25, -0.2) is 8.42 Å². The molecule has 1 aliphatic rings. The largest absolute Gasteiger partial charge is 0.462 e. The van der Waals surface area contributed by atoms with E-state index in [0.29, 0.717) is 5.56 Å². The molecule has 4 nitrogen and oxygen atoms in total. The van der Waals surface area contributed by atoms with Gasteiger partial charge in [-0.05, 0) is 50.3 Å². The average Bonchev–Trinajstić information content (AvgIpc) is 2.68. The monoisotopic (exact) mass is 386 g/mol. The van der Waals surface area contributed by atoms with E-state index in [2.05, 4.69) is 0 Å². The summed E-state index contributed by atoms with van der Waals surface area (Å²) < 4.78 is 32.1. The molecule has 1 aliphatic carbocycles. The third-order valence-corrected chi connectivity index (χ3v) is 7.22. The van der Waals surface area contributed by atoms with Gasteiger partial charge in [0, 0.05) is 0 Å². The summed E-state index contributed by atoms with van der Waals surface area (Å²) in [6.07, 6.45) is 4.77. The molecule has 0 spiro atoms. The fraction of sp³-hybridized carbons (Fsp3) is 0.409. The van der Waals surface area contributed by atoms with Gasteiger partial charge in [0.25, 0.3) is 0 Å². The van der Waals surface area contributed by atoms with Crippen LogP contribution >= 0.6 is 0 Å². The topological polar surface area (TPSA) is 60.4 Å². The summed E-state index contributed by atoms with van der Waals surface area (Å²) in [7, 11) is -3.70. The minimum atomic E-state index is -3.70. The number of aryl methyl sites for hydroxylation is 1. The normalized spacial score (nSPS) is 16.6. The minimum absolute atomic E-state index is 0.0793. The Morgan fingerprint density at radius 1 is 1.00 bits per heavy atom. The summed E-state index contributed by atoms with van der Waals surface area (Å²) in [5.41, 5.74) is 1.66. The fourth-order valence-electron chi connectivity index (χ4n) is 3.53. The SMILES string of the molecule is Cc1ccc(C(CC(=O)OC2CCCCC2)S(=O)(=O)c2ccccc2)cc1. The van der Waals surface area contributed by atoms with E-state index in [0.717, 1.165) is 31.2 Å². The maximum absolute atomic E-state index is 13.2. The van der Waals surface area contributed by atoms with E-state index in [1.54, 1.807) is 42.5 Å². The standard InChI is InChI=1S/C22H26O4S/c1-17-12-14-18(15-13-17)21(27(24,25)20-10-6-3-7-11-20)16-22(23)26-19-8-4-2-5-9-19/h3,6-7,10-15,19,21H,2,4-5,8-9,16H2,1H3. The lowest BCUT2D eigenvalue weighted by Gasteiger charge is -2.23. The molecule has 144 valence electrons. The Kier molecular flexibility index (Phi) is 6.32. The van der Waals surface area contributed by atoms with Gasteiger partial charge in [0.1, 0.15) is 11.4 Å². The van der Waals surface area contributed by atoms with Crippen molar-refractivity contribution in [3.63, 3.8) is 0 Å². The molecule has 2 aromatic carbocycles. The molecular formula is C22H26O4S. The van der Waals surface area contributed by atoms with Crippen LogP contribution in [-0.4, -0.2) is 20.5 Å². The number of sulfone groups is 1. The molecule has 1 unspecified atom stereocenters. The molecule has 0 saturated heterocycles. The number of carbonyl (C=O) groups is 1. The van der Waals surface area contributed by atoms with E-state index >= 15 is 0 Å². The van der Waals surface area contributed by atoms with Gasteiger partial charge in [0.15, 0.2) is 9.84 Å². The summed E-state index contributed by atoms with van der Waals surface area (Å²) in [4.78, 5) is 12.8. The summed E-state index contributed by atoms with van der Waals surface area (Å²) in [6, 6.07) is 15.6. The Hall–Kier alpha value is -2.14. The van der Waals surface area contributed by atoms with Crippen molar-refractivity contribution in [3.8, 4) is 0 Å². The van der Waals surface area contributed by atoms with Gasteiger partial charge in [-0.15, -0.1) is 0 Å². The fourth-order valence-corrected chi connectivity index (χ4v) is 5.27. The van der Waals surface area contributed by atoms with E-state index < -0.39 is 21.1 Å². The van der Waals surface area contributed by atoms with E-state index in [1.807, 2.05) is 19.1 Å². The van der Waals surface area contributed by atoms with Crippen LogP contribution in [0.4, 0.5) is 0 Å². The molecule has 0 aromatic heterocycles. The first-order valence-corrected chi connectivity index (χ1v) is 11.1. The van der Waals surface area contributed by atoms with Crippen LogP contribution in [0.25, 0.3) is 0 Å². The highest BCUT2D eigenvalue weighted by atomic mass is 32.2. The van der Waals surface area contributed by atoms with Gasteiger partial charge >= 0.3 is 5.97 Å². The maximum atomic E-state index is 13.2. The minimum Gasteiger partial charge on any atom is -0.462 e. The van der Waals surface area contributed by atoms with Gasteiger partial charge in [-0.1, -0.05) is 54.4 Å². The highest BCUT2D eigenvalue weighted by Crippen LogP contribution is 2.33. The molecule has 0 bridgehead atoms. The summed E-state index contributed by atoms with van der Waals surface area (Å²) in [5.74, 6) is -0.438. The smallest absolute Gasteiger partial charge is 0.307 e. The van der Waals surface area contributed by atoms with Crippen LogP contribution in [0.2, 0.25) is 0 Å². The lowest BCUT2D eigenvalue weighted by atomic mass is 9.98. The molecular weight excluding hydrogens is 360 g/mol. The van der Waals surface area contributed by atoms with Gasteiger partial charge in [-0.3, -0.25) is 4.79 Å². The van der Waals surface area contributed by atoms with Gasteiger partial charge in [0.05, 0.1) is 11.3 Å². The van der Waals surface area contributed by atoms with Crippen molar-refractivity contribution in [3.05, 3.63) is 65.7 Å². The Morgan fingerprint density at radius 2 is 1.63 bits per heavy atom. The lowest BCUT2D eigenvalue weighted by Crippen LogP contribution is -2.24. The van der Waals surface area contributed by atoms with Crippen molar-refractivity contribution in [2.24, 2.45) is 0 Å². The van der Waals surface area contributed by atoms with Crippen LogP contribution in [-0.2, 0) is 19.4 Å². The van der Waals surface area contributed by atoms with Crippen molar-refractivity contribution >= 4 is 15.8 Å². The van der Waals surface area contributed by atoms with Crippen LogP contribution in [0.5, 0.6) is 0 Å². The van der Waals surface area contributed by atoms with Gasteiger partial charge < -0.3 is 4.74 Å². The Bertz CT molecular complexity index is 851. The zero-order valence-corrected chi connectivity index (χ0v) is 16.5. The molecule has 2 aromatic rings. The zero-order chi connectivity index (χ0) is 19.3. The van der Waals surface area contributed by atoms with Crippen molar-refractivity contribution in [1.29, 1.82) is 0 Å². The third kappa shape index (κ3) is 4.98. The summed E-state index contributed by atoms with van der Waals surface area (Å²) in [6.45, 7) is 1.95. The van der Waals surface area contributed by atoms with E-state index in [4.69, 9.17) is 4.74 Å². The molecule has 0 aliphatic heterocycles. The number of benzene rings is 2. The molecule has 1 saturated carbocycles. The quantitative estimate of drug-likeness (QED) is 0.671. The first-order chi connectivity index (χ1) is 13.0. The number of esters is 1. The van der Waals surface area contributed by atoms with Crippen LogP contribution < -0.4 is 0 Å². The van der Waals surface area contributed by atoms with Crippen molar-refractivity contribution in [1.82, 2.24) is 0 Å². The summed E-state index contributed by atoms with van der Waals surface area (Å²) >= 11 is 0. The first kappa shape index (κ1) is 19.6. The zero-order valence-electron chi connectivity index (χ0n) is 15.6. The van der Waals surface area contributed by atoms with Crippen LogP contribution in [0.3, 0.4) is 0 Å². The van der Waals surface area contributed by atoms with Crippen LogP contribution in [0.1, 0.15) is 54.9 Å². The molecule has 3 rings (SSSR count). The number of rotatable bonds is 6. The lowest BCUT2D eigenvalue weighted by molar-refractivity contribution is -0.150. The molecule has 27 heavy (non-hydrogen) atoms. The highest BCUT2D eigenvalue weighted by Gasteiger charge is 2.32. The van der Waals surface area contributed by atoms with Crippen LogP contribution in [0.15, 0.2) is 59.5 Å². The van der Waals surface area contributed by atoms with Crippen molar-refractivity contribution < 1.29 is 17.9 Å². The van der Waals surface area contributed by atoms with E-state index in [9.17, 15) is 13.2 Å². The number of hydrogen-bond acceptors (Lipinski definition) is 4. The highest BCUT2D eigenvalue weighted by molar-refractivity contribution is 7.91. The predicted octanol–water partition coefficient (Wildman–Crippen LogP) is 4.78. The van der Waals surface area contributed by atoms with Crippen LogP contribution in [0, 0.1) is 6.92 Å². The Labute approximate surface area is 161 Å². The molecule has 1 atom stereocenters. The Morgan fingerprint density at radius 3 is 2.26 bits per heavy atom. The van der Waals surface area contributed by atoms with Crippen molar-refractivity contribution in [2.75, 3.05) is 0 Å². The number of ether oxygens (including phenoxy) is 1. The summed E-state index contributed by atoms with van der Waals surface area (Å²) in [5, 5.41) is -0.948. The molecule has 0 N–H and O–H groups in total. The molecule has 5 heteroatoms. The van der Waals surface area contributed by atoms with E-state index in [-0.39, 0.29) is 17.4 Å². The van der Waals surface area contributed by atoms with Crippen molar-refractivity contribution in [2.45, 2.75) is 61.7 Å². The number of carbonyl (C=O) groups excluding carboxylic acids is 1. The molecule has 0 radical (unpaired) electrons. The number of hydrogen-bond donors (Lipinski definition) is 0. The predicted molar refractivity (Wildman–Crippen MR) is 105 cm³/mol. The van der Waals surface area contributed by atoms with Gasteiger partial charge in [-0.2, -0.15) is 0 Å². The second kappa shape index (κ2) is 8.70. The molecule has 1 fully saturated rings. The van der Waals surface area contributed by atoms with Gasteiger partial charge in [0.2, 0.25) is 0 Å². The maximum Gasteiger partial charge on any atom is 0.307 e. The third-order valence-electron chi connectivity index (χ3n) is 5.10. The molecule has 0 amide bonds. The first-order valence-electron chi connectivity index (χ1n) is 9.52. The average molecular weight is 387 g/mol.